The standard InChI is InChI=1S/C18H25FN2O4S/c1-2-9-20-10-14-11-21(13-18(14,12-20)8-7-17(22)23)26(24,25)16-5-3-15(19)4-6-16/h3-6,14H,2,7-13H2,1H3,(H,22,23). The van der Waals surface area contributed by atoms with Crippen LogP contribution in [0.1, 0.15) is 26.2 Å². The number of carboxylic acids is 1. The van der Waals surface area contributed by atoms with Gasteiger partial charge in [0.05, 0.1) is 4.90 Å². The molecule has 6 nitrogen and oxygen atoms in total. The highest BCUT2D eigenvalue weighted by atomic mass is 32.2. The molecule has 0 spiro atoms. The molecule has 0 aliphatic carbocycles. The second-order valence-corrected chi connectivity index (χ2v) is 9.38. The van der Waals surface area contributed by atoms with E-state index < -0.39 is 21.8 Å². The summed E-state index contributed by atoms with van der Waals surface area (Å²) in [7, 11) is -3.70. The first-order chi connectivity index (χ1) is 12.3. The molecule has 2 aliphatic heterocycles. The number of nitrogens with zero attached hydrogens (tertiary/aromatic N) is 2. The molecule has 26 heavy (non-hydrogen) atoms. The van der Waals surface area contributed by atoms with Crippen LogP contribution in [0, 0.1) is 17.2 Å². The topological polar surface area (TPSA) is 77.9 Å². The molecule has 0 amide bonds. The van der Waals surface area contributed by atoms with Crippen molar-refractivity contribution in [3.8, 4) is 0 Å². The van der Waals surface area contributed by atoms with Gasteiger partial charge in [-0.1, -0.05) is 6.92 Å². The highest BCUT2D eigenvalue weighted by Crippen LogP contribution is 2.47. The van der Waals surface area contributed by atoms with E-state index in [-0.39, 0.29) is 22.6 Å². The van der Waals surface area contributed by atoms with E-state index in [0.29, 0.717) is 19.5 Å². The number of aliphatic carboxylic acids is 1. The number of halogens is 1. The maximum Gasteiger partial charge on any atom is 0.303 e. The molecule has 1 aromatic rings. The number of rotatable bonds is 7. The lowest BCUT2D eigenvalue weighted by Crippen LogP contribution is -2.37. The lowest BCUT2D eigenvalue weighted by atomic mass is 9.77. The number of carbonyl (C=O) groups is 1. The van der Waals surface area contributed by atoms with Crippen molar-refractivity contribution in [3.05, 3.63) is 30.1 Å². The first-order valence-electron chi connectivity index (χ1n) is 8.97. The van der Waals surface area contributed by atoms with Gasteiger partial charge in [-0.2, -0.15) is 4.31 Å². The molecule has 2 aliphatic rings. The van der Waals surface area contributed by atoms with E-state index in [1.54, 1.807) is 0 Å². The molecule has 0 bridgehead atoms. The third-order valence-corrected chi connectivity index (χ3v) is 7.45. The molecule has 0 saturated carbocycles. The predicted octanol–water partition coefficient (Wildman–Crippen LogP) is 2.02. The zero-order chi connectivity index (χ0) is 18.9. The summed E-state index contributed by atoms with van der Waals surface area (Å²) in [4.78, 5) is 13.5. The average Bonchev–Trinajstić information content (AvgIpc) is 3.08. The van der Waals surface area contributed by atoms with Crippen molar-refractivity contribution in [1.29, 1.82) is 0 Å². The van der Waals surface area contributed by atoms with Crippen LogP contribution >= 0.6 is 0 Å². The van der Waals surface area contributed by atoms with Gasteiger partial charge in [-0.15, -0.1) is 0 Å². The van der Waals surface area contributed by atoms with Crippen LogP contribution in [0.15, 0.2) is 29.2 Å². The molecule has 0 radical (unpaired) electrons. The number of hydrogen-bond acceptors (Lipinski definition) is 4. The Kier molecular flexibility index (Phi) is 5.37. The lowest BCUT2D eigenvalue weighted by molar-refractivity contribution is -0.137. The Bertz CT molecular complexity index is 768. The number of hydrogen-bond donors (Lipinski definition) is 1. The van der Waals surface area contributed by atoms with Crippen LogP contribution in [-0.4, -0.2) is 61.4 Å². The van der Waals surface area contributed by atoms with Gasteiger partial charge in [-0.3, -0.25) is 4.79 Å². The SMILES string of the molecule is CCCN1CC2CN(S(=O)(=O)c3ccc(F)cc3)CC2(CCC(=O)O)C1. The first kappa shape index (κ1) is 19.3. The molecule has 3 rings (SSSR count). The Morgan fingerprint density at radius 3 is 2.58 bits per heavy atom. The zero-order valence-corrected chi connectivity index (χ0v) is 15.7. The van der Waals surface area contributed by atoms with Gasteiger partial charge in [0.1, 0.15) is 5.82 Å². The third kappa shape index (κ3) is 3.63. The summed E-state index contributed by atoms with van der Waals surface area (Å²) >= 11 is 0. The molecule has 2 heterocycles. The second kappa shape index (κ2) is 7.25. The van der Waals surface area contributed by atoms with Gasteiger partial charge in [0, 0.05) is 38.0 Å². The van der Waals surface area contributed by atoms with Crippen molar-refractivity contribution in [2.24, 2.45) is 11.3 Å². The third-order valence-electron chi connectivity index (χ3n) is 5.63. The Morgan fingerprint density at radius 2 is 1.96 bits per heavy atom. The van der Waals surface area contributed by atoms with Crippen molar-refractivity contribution in [2.75, 3.05) is 32.7 Å². The van der Waals surface area contributed by atoms with Crippen molar-refractivity contribution in [1.82, 2.24) is 9.21 Å². The molecule has 0 aromatic heterocycles. The number of benzene rings is 1. The molecule has 2 fully saturated rings. The molecule has 1 N–H and O–H groups in total. The van der Waals surface area contributed by atoms with Crippen molar-refractivity contribution in [2.45, 2.75) is 31.1 Å². The van der Waals surface area contributed by atoms with Gasteiger partial charge in [0.25, 0.3) is 0 Å². The fourth-order valence-electron chi connectivity index (χ4n) is 4.38. The van der Waals surface area contributed by atoms with E-state index in [0.717, 1.165) is 38.2 Å². The van der Waals surface area contributed by atoms with E-state index in [4.69, 9.17) is 5.11 Å². The zero-order valence-electron chi connectivity index (χ0n) is 14.9. The van der Waals surface area contributed by atoms with Gasteiger partial charge < -0.3 is 10.0 Å². The maximum atomic E-state index is 13.1. The Labute approximate surface area is 153 Å². The molecular formula is C18H25FN2O4S. The van der Waals surface area contributed by atoms with E-state index >= 15 is 0 Å². The Hall–Kier alpha value is -1.51. The van der Waals surface area contributed by atoms with Crippen molar-refractivity contribution in [3.63, 3.8) is 0 Å². The molecule has 2 saturated heterocycles. The lowest BCUT2D eigenvalue weighted by Gasteiger charge is -2.29. The smallest absolute Gasteiger partial charge is 0.303 e. The average molecular weight is 384 g/mol. The molecule has 8 heteroatoms. The van der Waals surface area contributed by atoms with Crippen LogP contribution in [0.5, 0.6) is 0 Å². The van der Waals surface area contributed by atoms with Crippen LogP contribution < -0.4 is 0 Å². The molecular weight excluding hydrogens is 359 g/mol. The fourth-order valence-corrected chi connectivity index (χ4v) is 5.96. The molecule has 2 unspecified atom stereocenters. The van der Waals surface area contributed by atoms with Crippen LogP contribution in [0.3, 0.4) is 0 Å². The summed E-state index contributed by atoms with van der Waals surface area (Å²) in [6.45, 7) is 5.28. The van der Waals surface area contributed by atoms with Gasteiger partial charge in [-0.05, 0) is 49.6 Å². The van der Waals surface area contributed by atoms with Gasteiger partial charge in [-0.25, -0.2) is 12.8 Å². The first-order valence-corrected chi connectivity index (χ1v) is 10.4. The largest absolute Gasteiger partial charge is 0.481 e. The minimum Gasteiger partial charge on any atom is -0.481 e. The number of likely N-dealkylation sites (tertiary alicyclic amines) is 1. The summed E-state index contributed by atoms with van der Waals surface area (Å²) in [5.41, 5.74) is -0.319. The highest BCUT2D eigenvalue weighted by molar-refractivity contribution is 7.89. The van der Waals surface area contributed by atoms with Gasteiger partial charge in [0.2, 0.25) is 10.0 Å². The van der Waals surface area contributed by atoms with E-state index in [2.05, 4.69) is 11.8 Å². The van der Waals surface area contributed by atoms with E-state index in [9.17, 15) is 17.6 Å². The predicted molar refractivity (Wildman–Crippen MR) is 94.7 cm³/mol. The minimum absolute atomic E-state index is 0.0426. The van der Waals surface area contributed by atoms with Crippen molar-refractivity contribution < 1.29 is 22.7 Å². The van der Waals surface area contributed by atoms with E-state index in [1.165, 1.54) is 16.4 Å². The Morgan fingerprint density at radius 1 is 1.27 bits per heavy atom. The summed E-state index contributed by atoms with van der Waals surface area (Å²) < 4.78 is 40.5. The summed E-state index contributed by atoms with van der Waals surface area (Å²) in [5.74, 6) is -1.20. The summed E-state index contributed by atoms with van der Waals surface area (Å²) in [6, 6.07) is 4.86. The van der Waals surface area contributed by atoms with E-state index in [1.807, 2.05) is 0 Å². The van der Waals surface area contributed by atoms with Crippen LogP contribution in [-0.2, 0) is 14.8 Å². The molecule has 144 valence electrons. The van der Waals surface area contributed by atoms with Gasteiger partial charge in [0.15, 0.2) is 0 Å². The van der Waals surface area contributed by atoms with Gasteiger partial charge >= 0.3 is 5.97 Å². The summed E-state index contributed by atoms with van der Waals surface area (Å²) in [6.07, 6.45) is 1.53. The number of sulfonamides is 1. The highest BCUT2D eigenvalue weighted by Gasteiger charge is 2.54. The normalized spacial score (nSPS) is 26.9. The monoisotopic (exact) mass is 384 g/mol. The second-order valence-electron chi connectivity index (χ2n) is 7.44. The van der Waals surface area contributed by atoms with Crippen molar-refractivity contribution >= 4 is 16.0 Å². The molecule has 1 aromatic carbocycles. The fraction of sp³-hybridized carbons (Fsp3) is 0.611. The minimum atomic E-state index is -3.70. The van der Waals surface area contributed by atoms with Crippen LogP contribution in [0.4, 0.5) is 4.39 Å². The maximum absolute atomic E-state index is 13.1. The quantitative estimate of drug-likeness (QED) is 0.778. The van der Waals surface area contributed by atoms with Crippen LogP contribution in [0.25, 0.3) is 0 Å². The Balaban J connectivity index is 1.83. The number of fused-ring (bicyclic) bond motifs is 1. The summed E-state index contributed by atoms with van der Waals surface area (Å²) in [5, 5.41) is 9.11. The van der Waals surface area contributed by atoms with Crippen LogP contribution in [0.2, 0.25) is 0 Å². The molecule has 2 atom stereocenters. The number of carboxylic acid groups (broad SMARTS) is 1.